The summed E-state index contributed by atoms with van der Waals surface area (Å²) in [5.74, 6) is 0.469. The minimum atomic E-state index is -0.0821. The lowest BCUT2D eigenvalue weighted by atomic mass is 10.2. The Bertz CT molecular complexity index is 1270. The van der Waals surface area contributed by atoms with E-state index in [2.05, 4.69) is 16.2 Å². The van der Waals surface area contributed by atoms with Gasteiger partial charge in [-0.15, -0.1) is 0 Å². The molecular formula is C21H17N5OS. The van der Waals surface area contributed by atoms with Crippen LogP contribution in [0, 0.1) is 18.3 Å². The minimum absolute atomic E-state index is 0.0821. The Morgan fingerprint density at radius 2 is 1.82 bits per heavy atom. The third kappa shape index (κ3) is 3.08. The van der Waals surface area contributed by atoms with E-state index in [1.807, 2.05) is 55.5 Å². The highest BCUT2D eigenvalue weighted by atomic mass is 32.2. The average Bonchev–Trinajstić information content (AvgIpc) is 3.05. The van der Waals surface area contributed by atoms with Crippen molar-refractivity contribution in [2.45, 2.75) is 17.8 Å². The summed E-state index contributed by atoms with van der Waals surface area (Å²) in [7, 11) is 1.72. The monoisotopic (exact) mass is 387 g/mol. The van der Waals surface area contributed by atoms with E-state index < -0.39 is 0 Å². The fourth-order valence-corrected chi connectivity index (χ4v) is 4.07. The summed E-state index contributed by atoms with van der Waals surface area (Å²) in [6.07, 6.45) is 0. The molecule has 28 heavy (non-hydrogen) atoms. The van der Waals surface area contributed by atoms with Crippen LogP contribution in [0.2, 0.25) is 0 Å². The van der Waals surface area contributed by atoms with Crippen LogP contribution in [0.15, 0.2) is 64.5 Å². The summed E-state index contributed by atoms with van der Waals surface area (Å²) in [5, 5.41) is 15.4. The maximum Gasteiger partial charge on any atom is 0.261 e. The Hall–Kier alpha value is -3.37. The van der Waals surface area contributed by atoms with Gasteiger partial charge in [-0.1, -0.05) is 42.1 Å². The molecule has 0 aliphatic carbocycles. The number of rotatable bonds is 4. The summed E-state index contributed by atoms with van der Waals surface area (Å²) in [6.45, 7) is 1.83. The van der Waals surface area contributed by atoms with Crippen LogP contribution in [0.25, 0.3) is 16.6 Å². The van der Waals surface area contributed by atoms with Crippen molar-refractivity contribution in [2.75, 3.05) is 0 Å². The topological polar surface area (TPSA) is 76.5 Å². The summed E-state index contributed by atoms with van der Waals surface area (Å²) in [6, 6.07) is 19.3. The van der Waals surface area contributed by atoms with E-state index in [-0.39, 0.29) is 5.56 Å². The number of benzene rings is 2. The molecule has 0 fully saturated rings. The van der Waals surface area contributed by atoms with E-state index in [9.17, 15) is 10.1 Å². The van der Waals surface area contributed by atoms with E-state index in [0.717, 1.165) is 11.4 Å². The first-order valence-electron chi connectivity index (χ1n) is 8.72. The van der Waals surface area contributed by atoms with Crippen molar-refractivity contribution in [3.8, 4) is 11.8 Å². The van der Waals surface area contributed by atoms with E-state index in [1.165, 1.54) is 11.8 Å². The van der Waals surface area contributed by atoms with Crippen LogP contribution in [0.1, 0.15) is 17.0 Å². The third-order valence-corrected chi connectivity index (χ3v) is 5.59. The second-order valence-electron chi connectivity index (χ2n) is 6.33. The van der Waals surface area contributed by atoms with Crippen LogP contribution in [0.3, 0.4) is 0 Å². The molecule has 0 aliphatic heterocycles. The van der Waals surface area contributed by atoms with E-state index in [4.69, 9.17) is 0 Å². The number of thioether (sulfide) groups is 1. The van der Waals surface area contributed by atoms with Crippen molar-refractivity contribution >= 4 is 22.7 Å². The van der Waals surface area contributed by atoms with Gasteiger partial charge in [-0.25, -0.2) is 9.67 Å². The van der Waals surface area contributed by atoms with Crippen LogP contribution in [0.5, 0.6) is 0 Å². The molecule has 0 atom stereocenters. The highest BCUT2D eigenvalue weighted by Gasteiger charge is 2.18. The van der Waals surface area contributed by atoms with Gasteiger partial charge in [-0.3, -0.25) is 9.36 Å². The van der Waals surface area contributed by atoms with Gasteiger partial charge in [0.2, 0.25) is 0 Å². The Labute approximate surface area is 166 Å². The molecule has 2 heterocycles. The highest BCUT2D eigenvalue weighted by molar-refractivity contribution is 7.98. The third-order valence-electron chi connectivity index (χ3n) is 4.55. The van der Waals surface area contributed by atoms with Gasteiger partial charge in [0, 0.05) is 12.8 Å². The molecule has 6 nitrogen and oxygen atoms in total. The van der Waals surface area contributed by atoms with Crippen molar-refractivity contribution in [1.29, 1.82) is 5.26 Å². The molecule has 7 heteroatoms. The fourth-order valence-electron chi connectivity index (χ4n) is 3.10. The number of fused-ring (bicyclic) bond motifs is 1. The number of nitrogens with zero attached hydrogens (tertiary/aromatic N) is 5. The molecule has 0 radical (unpaired) electrons. The largest absolute Gasteiger partial charge is 0.290 e. The van der Waals surface area contributed by atoms with Crippen molar-refractivity contribution in [2.24, 2.45) is 7.05 Å². The smallest absolute Gasteiger partial charge is 0.261 e. The van der Waals surface area contributed by atoms with E-state index in [1.54, 1.807) is 22.4 Å². The lowest BCUT2D eigenvalue weighted by Gasteiger charge is -2.10. The second-order valence-corrected chi connectivity index (χ2v) is 7.27. The zero-order chi connectivity index (χ0) is 19.7. The Kier molecular flexibility index (Phi) is 4.72. The van der Waals surface area contributed by atoms with Gasteiger partial charge in [0.15, 0.2) is 5.16 Å². The molecule has 0 unspecified atom stereocenters. The van der Waals surface area contributed by atoms with Crippen LogP contribution in [-0.2, 0) is 12.8 Å². The quantitative estimate of drug-likeness (QED) is 0.395. The van der Waals surface area contributed by atoms with E-state index >= 15 is 0 Å². The molecule has 0 amide bonds. The maximum absolute atomic E-state index is 12.6. The molecule has 0 N–H and O–H groups in total. The minimum Gasteiger partial charge on any atom is -0.290 e. The van der Waals surface area contributed by atoms with Crippen molar-refractivity contribution in [3.05, 3.63) is 81.9 Å². The van der Waals surface area contributed by atoms with Crippen LogP contribution in [0.4, 0.5) is 0 Å². The SMILES string of the molecule is Cc1nn(-c2ccccc2)c(CSc2nc3ccccc3c(=O)n2C)c1C#N. The second kappa shape index (κ2) is 7.33. The zero-order valence-corrected chi connectivity index (χ0v) is 16.3. The van der Waals surface area contributed by atoms with Crippen LogP contribution in [-0.4, -0.2) is 19.3 Å². The summed E-state index contributed by atoms with van der Waals surface area (Å²) >= 11 is 1.42. The molecule has 0 aliphatic rings. The number of para-hydroxylation sites is 2. The molecular weight excluding hydrogens is 370 g/mol. The molecule has 4 aromatic rings. The Morgan fingerprint density at radius 3 is 2.57 bits per heavy atom. The number of hydrogen-bond donors (Lipinski definition) is 0. The highest BCUT2D eigenvalue weighted by Crippen LogP contribution is 2.26. The maximum atomic E-state index is 12.6. The van der Waals surface area contributed by atoms with Gasteiger partial charge in [-0.2, -0.15) is 10.4 Å². The first-order valence-corrected chi connectivity index (χ1v) is 9.71. The normalized spacial score (nSPS) is 10.9. The molecule has 0 spiro atoms. The predicted molar refractivity (Wildman–Crippen MR) is 110 cm³/mol. The van der Waals surface area contributed by atoms with Crippen LogP contribution >= 0.6 is 11.8 Å². The Balaban J connectivity index is 1.75. The summed E-state index contributed by atoms with van der Waals surface area (Å²) < 4.78 is 3.34. The molecule has 2 aromatic carbocycles. The van der Waals surface area contributed by atoms with Gasteiger partial charge < -0.3 is 0 Å². The fraction of sp³-hybridized carbons (Fsp3) is 0.143. The van der Waals surface area contributed by atoms with E-state index in [0.29, 0.717) is 33.1 Å². The van der Waals surface area contributed by atoms with Crippen LogP contribution < -0.4 is 5.56 Å². The number of aryl methyl sites for hydroxylation is 1. The molecule has 4 rings (SSSR count). The predicted octanol–water partition coefficient (Wildman–Crippen LogP) is 3.59. The van der Waals surface area contributed by atoms with Crippen molar-refractivity contribution < 1.29 is 0 Å². The molecule has 0 saturated heterocycles. The zero-order valence-electron chi connectivity index (χ0n) is 15.5. The number of hydrogen-bond acceptors (Lipinski definition) is 5. The number of nitriles is 1. The van der Waals surface area contributed by atoms with Gasteiger partial charge in [0.25, 0.3) is 5.56 Å². The summed E-state index contributed by atoms with van der Waals surface area (Å²) in [4.78, 5) is 17.2. The molecule has 0 saturated carbocycles. The molecule has 2 aromatic heterocycles. The number of aromatic nitrogens is 4. The lowest BCUT2D eigenvalue weighted by molar-refractivity contribution is 0.725. The Morgan fingerprint density at radius 1 is 1.11 bits per heavy atom. The first-order chi connectivity index (χ1) is 13.6. The van der Waals surface area contributed by atoms with Gasteiger partial charge in [0.05, 0.1) is 33.5 Å². The van der Waals surface area contributed by atoms with Crippen molar-refractivity contribution in [1.82, 2.24) is 19.3 Å². The van der Waals surface area contributed by atoms with Gasteiger partial charge >= 0.3 is 0 Å². The first kappa shape index (κ1) is 18.0. The summed E-state index contributed by atoms with van der Waals surface area (Å²) in [5.41, 5.74) is 3.51. The lowest BCUT2D eigenvalue weighted by Crippen LogP contribution is -2.20. The van der Waals surface area contributed by atoms with Gasteiger partial charge in [-0.05, 0) is 31.2 Å². The van der Waals surface area contributed by atoms with Gasteiger partial charge in [0.1, 0.15) is 6.07 Å². The average molecular weight is 387 g/mol. The van der Waals surface area contributed by atoms with Crippen molar-refractivity contribution in [3.63, 3.8) is 0 Å². The molecule has 138 valence electrons. The molecule has 0 bridgehead atoms. The standard InChI is InChI=1S/C21H17N5OS/c1-14-17(12-22)19(26(24-14)15-8-4-3-5-9-15)13-28-21-23-18-11-7-6-10-16(18)20(27)25(21)2/h3-11H,13H2,1-2H3.